The Bertz CT molecular complexity index is 1080. The molecule has 8 nitrogen and oxygen atoms in total. The fourth-order valence-electron chi connectivity index (χ4n) is 3.61. The highest BCUT2D eigenvalue weighted by Gasteiger charge is 2.21. The monoisotopic (exact) mass is 446 g/mol. The summed E-state index contributed by atoms with van der Waals surface area (Å²) in [5, 5.41) is 0. The van der Waals surface area contributed by atoms with Crippen molar-refractivity contribution in [2.75, 3.05) is 31.2 Å². The second-order valence-electron chi connectivity index (χ2n) is 7.48. The average molecular weight is 447 g/mol. The van der Waals surface area contributed by atoms with E-state index in [9.17, 15) is 9.59 Å². The fourth-order valence-corrected chi connectivity index (χ4v) is 3.61. The van der Waals surface area contributed by atoms with E-state index in [1.807, 2.05) is 30.3 Å². The molecule has 0 unspecified atom stereocenters. The first kappa shape index (κ1) is 22.1. The number of pyridine rings is 1. The van der Waals surface area contributed by atoms with E-state index in [4.69, 9.17) is 9.47 Å². The van der Waals surface area contributed by atoms with E-state index in [2.05, 4.69) is 20.7 Å². The molecule has 1 saturated heterocycles. The van der Waals surface area contributed by atoms with Gasteiger partial charge >= 0.3 is 0 Å². The van der Waals surface area contributed by atoms with Crippen LogP contribution in [0.1, 0.15) is 33.6 Å². The van der Waals surface area contributed by atoms with Crippen molar-refractivity contribution in [2.45, 2.75) is 12.8 Å². The summed E-state index contributed by atoms with van der Waals surface area (Å²) in [5.74, 6) is 0.880. The maximum atomic E-state index is 12.7. The molecule has 1 aliphatic heterocycles. The molecular weight excluding hydrogens is 420 g/mol. The molecule has 170 valence electrons. The number of hydrazine groups is 1. The molecule has 8 heteroatoms. The number of nitrogens with one attached hydrogen (secondary N) is 2. The molecule has 0 radical (unpaired) electrons. The van der Waals surface area contributed by atoms with Gasteiger partial charge in [-0.15, -0.1) is 0 Å². The van der Waals surface area contributed by atoms with Gasteiger partial charge in [-0.2, -0.15) is 0 Å². The smallest absolute Gasteiger partial charge is 0.273 e. The molecule has 4 rings (SSSR count). The number of benzene rings is 2. The lowest BCUT2D eigenvalue weighted by molar-refractivity contribution is 0.0844. The minimum absolute atomic E-state index is 0.264. The summed E-state index contributed by atoms with van der Waals surface area (Å²) in [6, 6.07) is 19.7. The molecule has 2 amide bonds. The SMILES string of the molecule is O=C(NNC(=O)c1cccnc1N1CCCC1)c1ccccc1OCCOc1ccccc1. The van der Waals surface area contributed by atoms with Crippen molar-refractivity contribution >= 4 is 17.6 Å². The number of aromatic nitrogens is 1. The standard InChI is InChI=1S/C25H26N4O4/c30-24(27-28-25(31)21-12-8-14-26-23(21)29-15-6-7-16-29)20-11-4-5-13-22(20)33-18-17-32-19-9-2-1-3-10-19/h1-5,8-14H,6-7,15-18H2,(H,27,30)(H,28,31). The minimum atomic E-state index is -0.477. The van der Waals surface area contributed by atoms with Crippen LogP contribution in [-0.4, -0.2) is 43.1 Å². The van der Waals surface area contributed by atoms with Crippen molar-refractivity contribution in [3.05, 3.63) is 84.1 Å². The number of para-hydroxylation sites is 2. The molecule has 2 aromatic carbocycles. The summed E-state index contributed by atoms with van der Waals surface area (Å²) in [5.41, 5.74) is 5.69. The summed E-state index contributed by atoms with van der Waals surface area (Å²) in [6.45, 7) is 2.32. The molecule has 0 bridgehead atoms. The number of hydrogen-bond donors (Lipinski definition) is 2. The van der Waals surface area contributed by atoms with Crippen molar-refractivity contribution in [2.24, 2.45) is 0 Å². The summed E-state index contributed by atoms with van der Waals surface area (Å²) < 4.78 is 11.4. The van der Waals surface area contributed by atoms with Gasteiger partial charge in [-0.1, -0.05) is 30.3 Å². The van der Waals surface area contributed by atoms with Gasteiger partial charge in [0.15, 0.2) is 0 Å². The van der Waals surface area contributed by atoms with E-state index >= 15 is 0 Å². The zero-order valence-corrected chi connectivity index (χ0v) is 18.2. The molecule has 2 N–H and O–H groups in total. The van der Waals surface area contributed by atoms with Gasteiger partial charge < -0.3 is 14.4 Å². The van der Waals surface area contributed by atoms with Gasteiger partial charge in [0.05, 0.1) is 11.1 Å². The predicted molar refractivity (Wildman–Crippen MR) is 124 cm³/mol. The summed E-state index contributed by atoms with van der Waals surface area (Å²) >= 11 is 0. The first-order valence-corrected chi connectivity index (χ1v) is 10.9. The Kier molecular flexibility index (Phi) is 7.37. The molecule has 0 atom stereocenters. The van der Waals surface area contributed by atoms with E-state index < -0.39 is 11.8 Å². The quantitative estimate of drug-likeness (QED) is 0.408. The van der Waals surface area contributed by atoms with Crippen LogP contribution in [-0.2, 0) is 0 Å². The third kappa shape index (κ3) is 5.79. The molecule has 0 spiro atoms. The molecule has 0 saturated carbocycles. The van der Waals surface area contributed by atoms with E-state index in [0.29, 0.717) is 29.3 Å². The van der Waals surface area contributed by atoms with Gasteiger partial charge in [-0.3, -0.25) is 20.4 Å². The molecule has 1 fully saturated rings. The van der Waals surface area contributed by atoms with Crippen molar-refractivity contribution in [1.29, 1.82) is 0 Å². The van der Waals surface area contributed by atoms with Crippen LogP contribution in [0.4, 0.5) is 5.82 Å². The van der Waals surface area contributed by atoms with Crippen LogP contribution >= 0.6 is 0 Å². The number of ether oxygens (including phenoxy) is 2. The normalized spacial score (nSPS) is 12.8. The van der Waals surface area contributed by atoms with E-state index in [1.165, 1.54) is 0 Å². The van der Waals surface area contributed by atoms with Crippen molar-refractivity contribution in [3.63, 3.8) is 0 Å². The molecule has 1 aromatic heterocycles. The largest absolute Gasteiger partial charge is 0.490 e. The van der Waals surface area contributed by atoms with E-state index in [0.717, 1.165) is 31.7 Å². The number of carbonyl (C=O) groups is 2. The van der Waals surface area contributed by atoms with Crippen molar-refractivity contribution in [3.8, 4) is 11.5 Å². The molecular formula is C25H26N4O4. The highest BCUT2D eigenvalue weighted by molar-refractivity contribution is 6.02. The second-order valence-corrected chi connectivity index (χ2v) is 7.48. The fraction of sp³-hybridized carbons (Fsp3) is 0.240. The molecule has 33 heavy (non-hydrogen) atoms. The maximum absolute atomic E-state index is 12.7. The van der Waals surface area contributed by atoms with Crippen LogP contribution in [0.15, 0.2) is 72.9 Å². The Hall–Kier alpha value is -4.07. The van der Waals surface area contributed by atoms with Gasteiger partial charge in [-0.05, 0) is 49.2 Å². The number of anilines is 1. The highest BCUT2D eigenvalue weighted by atomic mass is 16.5. The summed E-state index contributed by atoms with van der Waals surface area (Å²) in [6.07, 6.45) is 3.81. The lowest BCUT2D eigenvalue weighted by atomic mass is 10.2. The topological polar surface area (TPSA) is 92.8 Å². The lowest BCUT2D eigenvalue weighted by Gasteiger charge is -2.19. The Balaban J connectivity index is 1.33. The minimum Gasteiger partial charge on any atom is -0.490 e. The van der Waals surface area contributed by atoms with Crippen molar-refractivity contribution in [1.82, 2.24) is 15.8 Å². The first-order chi connectivity index (χ1) is 16.2. The predicted octanol–water partition coefficient (Wildman–Crippen LogP) is 3.21. The Labute approximate surface area is 192 Å². The number of amides is 2. The first-order valence-electron chi connectivity index (χ1n) is 10.9. The summed E-state index contributed by atoms with van der Waals surface area (Å²) in [7, 11) is 0. The van der Waals surface area contributed by atoms with Crippen LogP contribution in [0.5, 0.6) is 11.5 Å². The van der Waals surface area contributed by atoms with Gasteiger partial charge in [0, 0.05) is 19.3 Å². The third-order valence-electron chi connectivity index (χ3n) is 5.21. The van der Waals surface area contributed by atoms with Gasteiger partial charge in [0.1, 0.15) is 30.5 Å². The zero-order valence-electron chi connectivity index (χ0n) is 18.2. The van der Waals surface area contributed by atoms with Crippen molar-refractivity contribution < 1.29 is 19.1 Å². The van der Waals surface area contributed by atoms with Crippen LogP contribution in [0, 0.1) is 0 Å². The van der Waals surface area contributed by atoms with Crippen LogP contribution in [0.3, 0.4) is 0 Å². The third-order valence-corrected chi connectivity index (χ3v) is 5.21. The van der Waals surface area contributed by atoms with E-state index in [1.54, 1.807) is 42.6 Å². The van der Waals surface area contributed by atoms with Gasteiger partial charge in [0.2, 0.25) is 0 Å². The molecule has 0 aliphatic carbocycles. The number of hydrogen-bond acceptors (Lipinski definition) is 6. The Morgan fingerprint density at radius 3 is 2.21 bits per heavy atom. The molecule has 1 aliphatic rings. The highest BCUT2D eigenvalue weighted by Crippen LogP contribution is 2.22. The van der Waals surface area contributed by atoms with E-state index in [-0.39, 0.29) is 6.61 Å². The van der Waals surface area contributed by atoms with Crippen LogP contribution in [0.2, 0.25) is 0 Å². The number of rotatable bonds is 8. The van der Waals surface area contributed by atoms with Crippen LogP contribution in [0.25, 0.3) is 0 Å². The van der Waals surface area contributed by atoms with Gasteiger partial charge in [0.25, 0.3) is 11.8 Å². The lowest BCUT2D eigenvalue weighted by Crippen LogP contribution is -2.42. The number of nitrogens with zero attached hydrogens (tertiary/aromatic N) is 2. The maximum Gasteiger partial charge on any atom is 0.273 e. The van der Waals surface area contributed by atoms with Gasteiger partial charge in [-0.25, -0.2) is 4.98 Å². The van der Waals surface area contributed by atoms with Crippen LogP contribution < -0.4 is 25.2 Å². The Morgan fingerprint density at radius 1 is 0.788 bits per heavy atom. The summed E-state index contributed by atoms with van der Waals surface area (Å²) in [4.78, 5) is 31.9. The molecule has 2 heterocycles. The molecule has 3 aromatic rings. The Morgan fingerprint density at radius 2 is 1.42 bits per heavy atom. The average Bonchev–Trinajstić information content (AvgIpc) is 3.41. The zero-order chi connectivity index (χ0) is 22.9. The number of carbonyl (C=O) groups excluding carboxylic acids is 2. The second kappa shape index (κ2) is 11.0.